The molecule has 5 rings (SSSR count). The number of H-pyrrole nitrogens is 1. The molecular weight excluding hydrogens is 480 g/mol. The monoisotopic (exact) mass is 512 g/mol. The van der Waals surface area contributed by atoms with Crippen molar-refractivity contribution in [3.05, 3.63) is 74.6 Å². The number of benzene rings is 2. The smallest absolute Gasteiger partial charge is 0.340 e. The molecule has 4 aromatic rings. The van der Waals surface area contributed by atoms with E-state index < -0.39 is 11.6 Å². The van der Waals surface area contributed by atoms with Gasteiger partial charge in [-0.1, -0.05) is 31.0 Å². The van der Waals surface area contributed by atoms with Crippen LogP contribution in [0.4, 0.5) is 5.69 Å². The summed E-state index contributed by atoms with van der Waals surface area (Å²) in [6, 6.07) is 10.2. The molecule has 0 aliphatic carbocycles. The molecule has 0 saturated carbocycles. The maximum absolute atomic E-state index is 12.5. The van der Waals surface area contributed by atoms with Crippen LogP contribution in [0.3, 0.4) is 0 Å². The number of carbonyl (C=O) groups excluding carboxylic acids is 1. The highest BCUT2D eigenvalue weighted by Gasteiger charge is 2.40. The highest BCUT2D eigenvalue weighted by atomic mass is 32.1. The number of anilines is 1. The molecule has 1 aliphatic heterocycles. The van der Waals surface area contributed by atoms with E-state index in [0.717, 1.165) is 39.0 Å². The fourth-order valence-corrected chi connectivity index (χ4v) is 6.13. The predicted octanol–water partition coefficient (Wildman–Crippen LogP) is 6.76. The summed E-state index contributed by atoms with van der Waals surface area (Å²) in [5.41, 5.74) is 8.29. The van der Waals surface area contributed by atoms with Gasteiger partial charge in [-0.2, -0.15) is 0 Å². The Morgan fingerprint density at radius 2 is 1.95 bits per heavy atom. The lowest BCUT2D eigenvalue weighted by Crippen LogP contribution is -2.50. The quantitative estimate of drug-likeness (QED) is 0.209. The first-order valence-electron chi connectivity index (χ1n) is 12.6. The third-order valence-electron chi connectivity index (χ3n) is 7.35. The Bertz CT molecular complexity index is 1580. The number of esters is 1. The molecule has 1 aliphatic rings. The molecular formula is C31H32N2O3S. The summed E-state index contributed by atoms with van der Waals surface area (Å²) >= 11 is 1.43. The summed E-state index contributed by atoms with van der Waals surface area (Å²) in [5.74, 6) is 6.22. The van der Waals surface area contributed by atoms with Crippen molar-refractivity contribution in [2.45, 2.75) is 59.1 Å². The number of hydrogen-bond acceptors (Lipinski definition) is 5. The van der Waals surface area contributed by atoms with Crippen LogP contribution in [0.15, 0.2) is 41.9 Å². The molecule has 0 amide bonds. The Hall–Kier alpha value is -3.53. The molecule has 3 heterocycles. The van der Waals surface area contributed by atoms with Gasteiger partial charge in [0.15, 0.2) is 0 Å². The number of thiophene rings is 1. The largest absolute Gasteiger partial charge is 0.462 e. The minimum Gasteiger partial charge on any atom is -0.462 e. The molecule has 0 bridgehead atoms. The second-order valence-corrected chi connectivity index (χ2v) is 11.2. The number of aromatic nitrogens is 1. The number of nitrogens with one attached hydrogen (secondary N) is 2. The van der Waals surface area contributed by atoms with Gasteiger partial charge in [-0.05, 0) is 74.7 Å². The summed E-state index contributed by atoms with van der Waals surface area (Å²) in [6.07, 6.45) is 1.42. The Labute approximate surface area is 221 Å². The zero-order valence-electron chi connectivity index (χ0n) is 22.1. The number of aryl methyl sites for hydroxylation is 2. The molecule has 5 nitrogen and oxygen atoms in total. The first-order chi connectivity index (χ1) is 17.6. The second-order valence-electron chi connectivity index (χ2n) is 10.3. The highest BCUT2D eigenvalue weighted by Crippen LogP contribution is 2.46. The minimum absolute atomic E-state index is 0.147. The van der Waals surface area contributed by atoms with E-state index >= 15 is 0 Å². The lowest BCUT2D eigenvalue weighted by Gasteiger charge is -2.43. The molecule has 3 N–H and O–H groups in total. The van der Waals surface area contributed by atoms with Crippen molar-refractivity contribution in [3.63, 3.8) is 0 Å². The van der Waals surface area contributed by atoms with Crippen molar-refractivity contribution in [2.75, 3.05) is 11.9 Å². The van der Waals surface area contributed by atoms with Gasteiger partial charge in [0.2, 0.25) is 0 Å². The molecule has 37 heavy (non-hydrogen) atoms. The minimum atomic E-state index is -0.601. The molecule has 1 unspecified atom stereocenters. The third kappa shape index (κ3) is 4.22. The van der Waals surface area contributed by atoms with Crippen molar-refractivity contribution in [2.24, 2.45) is 0 Å². The van der Waals surface area contributed by atoms with E-state index in [2.05, 4.69) is 67.2 Å². The molecule has 2 atom stereocenters. The average Bonchev–Trinajstić information content (AvgIpc) is 3.49. The number of fused-ring (bicyclic) bond motifs is 2. The molecule has 0 spiro atoms. The van der Waals surface area contributed by atoms with Crippen LogP contribution in [-0.2, 0) is 4.74 Å². The third-order valence-corrected chi connectivity index (χ3v) is 8.18. The average molecular weight is 513 g/mol. The number of carbonyl (C=O) groups is 1. The number of hydrogen-bond donors (Lipinski definition) is 3. The first-order valence-corrected chi connectivity index (χ1v) is 13.5. The highest BCUT2D eigenvalue weighted by molar-refractivity contribution is 7.10. The van der Waals surface area contributed by atoms with Gasteiger partial charge in [-0.3, -0.25) is 0 Å². The van der Waals surface area contributed by atoms with Crippen molar-refractivity contribution in [1.82, 2.24) is 4.98 Å². The van der Waals surface area contributed by atoms with Crippen molar-refractivity contribution >= 4 is 33.9 Å². The summed E-state index contributed by atoms with van der Waals surface area (Å²) in [6.45, 7) is 12.4. The summed E-state index contributed by atoms with van der Waals surface area (Å²) < 4.78 is 5.24. The number of aliphatic hydroxyl groups excluding tert-OH is 1. The summed E-state index contributed by atoms with van der Waals surface area (Å²) in [4.78, 5) is 16.6. The van der Waals surface area contributed by atoms with E-state index in [-0.39, 0.29) is 11.9 Å². The van der Waals surface area contributed by atoms with Gasteiger partial charge in [0.05, 0.1) is 34.2 Å². The lowest BCUT2D eigenvalue weighted by molar-refractivity contribution is 0.0526. The summed E-state index contributed by atoms with van der Waals surface area (Å²) in [5, 5.41) is 17.9. The molecule has 0 fully saturated rings. The van der Waals surface area contributed by atoms with Crippen molar-refractivity contribution in [1.29, 1.82) is 0 Å². The van der Waals surface area contributed by atoms with Gasteiger partial charge in [0.1, 0.15) is 0 Å². The maximum atomic E-state index is 12.5. The van der Waals surface area contributed by atoms with E-state index in [1.807, 2.05) is 25.4 Å². The molecule has 0 radical (unpaired) electrons. The van der Waals surface area contributed by atoms with Gasteiger partial charge >= 0.3 is 5.97 Å². The van der Waals surface area contributed by atoms with Crippen LogP contribution in [0, 0.1) is 25.7 Å². The Balaban J connectivity index is 1.79. The van der Waals surface area contributed by atoms with E-state index in [0.29, 0.717) is 17.0 Å². The number of para-hydroxylation sites is 1. The molecule has 2 aromatic carbocycles. The molecule has 0 saturated heterocycles. The van der Waals surface area contributed by atoms with Gasteiger partial charge in [0.25, 0.3) is 0 Å². The zero-order valence-corrected chi connectivity index (χ0v) is 22.9. The zero-order chi connectivity index (χ0) is 26.5. The van der Waals surface area contributed by atoms with Crippen molar-refractivity contribution in [3.8, 4) is 23.0 Å². The van der Waals surface area contributed by atoms with Crippen LogP contribution >= 0.6 is 11.3 Å². The Morgan fingerprint density at radius 3 is 2.70 bits per heavy atom. The fraction of sp³-hybridized carbons (Fsp3) is 0.323. The number of aromatic amines is 1. The summed E-state index contributed by atoms with van der Waals surface area (Å²) in [7, 11) is 0. The van der Waals surface area contributed by atoms with Gasteiger partial charge in [0, 0.05) is 39.9 Å². The Kier molecular flexibility index (Phi) is 6.39. The predicted molar refractivity (Wildman–Crippen MR) is 152 cm³/mol. The number of rotatable bonds is 3. The topological polar surface area (TPSA) is 74.4 Å². The number of ether oxygens (including phenoxy) is 1. The van der Waals surface area contributed by atoms with Crippen molar-refractivity contribution < 1.29 is 14.6 Å². The maximum Gasteiger partial charge on any atom is 0.340 e. The number of aliphatic hydroxyl groups is 1. The fourth-order valence-electron chi connectivity index (χ4n) is 5.40. The van der Waals surface area contributed by atoms with E-state index in [1.165, 1.54) is 22.3 Å². The normalized spacial score (nSPS) is 18.0. The molecule has 6 heteroatoms. The van der Waals surface area contributed by atoms with Crippen LogP contribution in [-0.4, -0.2) is 34.3 Å². The second kappa shape index (κ2) is 9.41. The van der Waals surface area contributed by atoms with E-state index in [4.69, 9.17) is 4.74 Å². The van der Waals surface area contributed by atoms with Crippen LogP contribution in [0.1, 0.15) is 71.1 Å². The van der Waals surface area contributed by atoms with E-state index in [1.54, 1.807) is 13.0 Å². The molecule has 190 valence electrons. The lowest BCUT2D eigenvalue weighted by atomic mass is 9.75. The van der Waals surface area contributed by atoms with Gasteiger partial charge in [-0.25, -0.2) is 4.79 Å². The van der Waals surface area contributed by atoms with Crippen LogP contribution in [0.5, 0.6) is 0 Å². The molecule has 2 aromatic heterocycles. The van der Waals surface area contributed by atoms with Crippen LogP contribution in [0.2, 0.25) is 0 Å². The SMILES string of the molecule is CCOC(=O)c1ccsc1C#Cc1c(-c2cccc3c(C)c[nH]c23)cc(C)c2c1[C@H](C)C(O)C(C)(C)N2. The van der Waals surface area contributed by atoms with E-state index in [9.17, 15) is 9.90 Å². The Morgan fingerprint density at radius 1 is 1.16 bits per heavy atom. The first kappa shape index (κ1) is 25.1. The van der Waals surface area contributed by atoms with Crippen LogP contribution < -0.4 is 5.32 Å². The van der Waals surface area contributed by atoms with Gasteiger partial charge in [-0.15, -0.1) is 11.3 Å². The van der Waals surface area contributed by atoms with Crippen LogP contribution in [0.25, 0.3) is 22.0 Å². The standard InChI is InChI=1S/C31H32N2O3S/c1-7-36-30(35)23-13-14-37-25(23)12-11-21-24(22-10-8-9-20-18(3)16-32-28(20)22)15-17(2)27-26(21)19(4)29(34)31(5,6)33-27/h8-10,13-16,19,29,32-34H,7H2,1-6H3/t19-,29?/m0/s1. The van der Waals surface area contributed by atoms with Gasteiger partial charge < -0.3 is 20.1 Å².